The molecule has 2 unspecified atom stereocenters. The second-order valence-electron chi connectivity index (χ2n) is 14.2. The minimum Gasteiger partial charge on any atom is -0.493 e. The number of carbonyl (C=O) groups is 4. The molecule has 0 radical (unpaired) electrons. The lowest BCUT2D eigenvalue weighted by Crippen LogP contribution is -2.30. The number of fused-ring (bicyclic) bond motifs is 1. The maximum atomic E-state index is 13.9. The molecule has 1 aliphatic carbocycles. The maximum Gasteiger partial charge on any atom is 0.341 e. The zero-order chi connectivity index (χ0) is 39.7. The molecule has 12 heteroatoms. The number of hydrogen-bond donors (Lipinski definition) is 3. The summed E-state index contributed by atoms with van der Waals surface area (Å²) in [6.45, 7) is 10.7. The van der Waals surface area contributed by atoms with Crippen molar-refractivity contribution in [2.45, 2.75) is 70.4 Å². The van der Waals surface area contributed by atoms with E-state index in [0.717, 1.165) is 34.6 Å². The molecule has 0 bridgehead atoms. The molecule has 1 heterocycles. The van der Waals surface area contributed by atoms with Gasteiger partial charge >= 0.3 is 5.97 Å². The van der Waals surface area contributed by atoms with Crippen LogP contribution in [0.1, 0.15) is 84.2 Å². The highest BCUT2D eigenvalue weighted by Gasteiger charge is 2.35. The molecule has 3 aromatic carbocycles. The highest BCUT2D eigenvalue weighted by Crippen LogP contribution is 2.45. The Morgan fingerprint density at radius 3 is 2.36 bits per heavy atom. The van der Waals surface area contributed by atoms with Gasteiger partial charge in [0.25, 0.3) is 11.8 Å². The molecule has 0 saturated carbocycles. The van der Waals surface area contributed by atoms with Crippen molar-refractivity contribution < 1.29 is 33.4 Å². The summed E-state index contributed by atoms with van der Waals surface area (Å²) in [4.78, 5) is 56.0. The van der Waals surface area contributed by atoms with Crippen LogP contribution < -0.4 is 25.4 Å². The standard InChI is InChI=1S/C43H49N3O7S2/c1-8-34(40(49)46-41-36(42(50)53-9-2)31-22-21-28(43(3,4)5)24-35(31)55-41)54-30-19-14-18-29(25-30)44-39(48)32(45-38(47)26-15-11-10-12-16-26)23-27-17-13-20-33(51-6)37(27)52-7/h10-20,23,25,28,34H,8-9,21-22,24H2,1-7H3,(H,44,48)(H,45,47)(H,46,49)/b32-23+. The van der Waals surface area contributed by atoms with Crippen LogP contribution in [-0.2, 0) is 27.2 Å². The van der Waals surface area contributed by atoms with Gasteiger partial charge in [0.15, 0.2) is 11.5 Å². The number of thiophene rings is 1. The number of anilines is 2. The van der Waals surface area contributed by atoms with Gasteiger partial charge in [-0.2, -0.15) is 0 Å². The lowest BCUT2D eigenvalue weighted by molar-refractivity contribution is -0.116. The molecule has 3 N–H and O–H groups in total. The molecule has 1 aliphatic rings. The van der Waals surface area contributed by atoms with E-state index < -0.39 is 23.0 Å². The summed E-state index contributed by atoms with van der Waals surface area (Å²) < 4.78 is 16.5. The Morgan fingerprint density at radius 2 is 1.69 bits per heavy atom. The lowest BCUT2D eigenvalue weighted by atomic mass is 9.72. The number of rotatable bonds is 14. The minimum atomic E-state index is -0.567. The third-order valence-electron chi connectivity index (χ3n) is 9.50. The van der Waals surface area contributed by atoms with Crippen LogP contribution in [0.15, 0.2) is 83.4 Å². The van der Waals surface area contributed by atoms with Gasteiger partial charge < -0.3 is 30.2 Å². The first-order chi connectivity index (χ1) is 26.4. The summed E-state index contributed by atoms with van der Waals surface area (Å²) in [7, 11) is 3.02. The van der Waals surface area contributed by atoms with Gasteiger partial charge in [0.05, 0.1) is 31.6 Å². The molecule has 2 atom stereocenters. The molecule has 3 amide bonds. The number of hydrogen-bond acceptors (Lipinski definition) is 9. The van der Waals surface area contributed by atoms with Crippen LogP contribution in [-0.4, -0.2) is 49.8 Å². The molecular weight excluding hydrogens is 735 g/mol. The molecule has 4 aromatic rings. The number of carbonyl (C=O) groups excluding carboxylic acids is 4. The minimum absolute atomic E-state index is 0.0193. The predicted octanol–water partition coefficient (Wildman–Crippen LogP) is 9.01. The highest BCUT2D eigenvalue weighted by atomic mass is 32.2. The molecular formula is C43H49N3O7S2. The van der Waals surface area contributed by atoms with Crippen molar-refractivity contribution in [3.8, 4) is 11.5 Å². The van der Waals surface area contributed by atoms with Crippen molar-refractivity contribution in [1.29, 1.82) is 0 Å². The number of methoxy groups -OCH3 is 2. The lowest BCUT2D eigenvalue weighted by Gasteiger charge is -2.33. The molecule has 55 heavy (non-hydrogen) atoms. The van der Waals surface area contributed by atoms with E-state index in [9.17, 15) is 19.2 Å². The smallest absolute Gasteiger partial charge is 0.341 e. The fourth-order valence-corrected chi connectivity index (χ4v) is 8.81. The summed E-state index contributed by atoms with van der Waals surface area (Å²) in [6.07, 6.45) is 4.64. The van der Waals surface area contributed by atoms with E-state index in [1.807, 2.05) is 13.0 Å². The Bertz CT molecular complexity index is 2050. The van der Waals surface area contributed by atoms with Crippen LogP contribution in [0.4, 0.5) is 10.7 Å². The third kappa shape index (κ3) is 10.2. The number of nitrogens with one attached hydrogen (secondary N) is 3. The summed E-state index contributed by atoms with van der Waals surface area (Å²) in [5.74, 6) is -0.321. The first kappa shape index (κ1) is 41.1. The average molecular weight is 784 g/mol. The van der Waals surface area contributed by atoms with Gasteiger partial charge in [0, 0.05) is 26.6 Å². The Kier molecular flexibility index (Phi) is 13.8. The number of amides is 3. The van der Waals surface area contributed by atoms with E-state index in [0.29, 0.717) is 51.2 Å². The number of thioether (sulfide) groups is 1. The molecule has 0 saturated heterocycles. The molecule has 0 aliphatic heterocycles. The number of esters is 1. The van der Waals surface area contributed by atoms with Crippen molar-refractivity contribution in [2.75, 3.05) is 31.5 Å². The topological polar surface area (TPSA) is 132 Å². The predicted molar refractivity (Wildman–Crippen MR) is 220 cm³/mol. The monoisotopic (exact) mass is 783 g/mol. The molecule has 5 rings (SSSR count). The van der Waals surface area contributed by atoms with E-state index >= 15 is 0 Å². The Morgan fingerprint density at radius 1 is 0.945 bits per heavy atom. The first-order valence-corrected chi connectivity index (χ1v) is 20.1. The Hall–Kier alpha value is -5.07. The van der Waals surface area contributed by atoms with Gasteiger partial charge in [-0.15, -0.1) is 23.1 Å². The number of para-hydroxylation sites is 1. The quantitative estimate of drug-likeness (QED) is 0.0656. The number of ether oxygens (including phenoxy) is 3. The summed E-state index contributed by atoms with van der Waals surface area (Å²) >= 11 is 2.84. The van der Waals surface area contributed by atoms with Crippen molar-refractivity contribution >= 4 is 63.6 Å². The highest BCUT2D eigenvalue weighted by molar-refractivity contribution is 8.00. The number of benzene rings is 3. The molecule has 290 valence electrons. The van der Waals surface area contributed by atoms with Gasteiger partial charge in [0.2, 0.25) is 5.91 Å². The van der Waals surface area contributed by atoms with Crippen molar-refractivity contribution in [3.63, 3.8) is 0 Å². The van der Waals surface area contributed by atoms with Crippen LogP contribution in [0.25, 0.3) is 6.08 Å². The second kappa shape index (κ2) is 18.5. The van der Waals surface area contributed by atoms with Crippen LogP contribution >= 0.6 is 23.1 Å². The van der Waals surface area contributed by atoms with Crippen LogP contribution in [0.5, 0.6) is 11.5 Å². The van der Waals surface area contributed by atoms with E-state index in [1.54, 1.807) is 73.7 Å². The molecule has 0 spiro atoms. The fourth-order valence-electron chi connectivity index (χ4n) is 6.48. The summed E-state index contributed by atoms with van der Waals surface area (Å²) in [5.41, 5.74) is 2.94. The van der Waals surface area contributed by atoms with Gasteiger partial charge in [-0.05, 0) is 92.0 Å². The van der Waals surface area contributed by atoms with Crippen LogP contribution in [0.2, 0.25) is 0 Å². The fraction of sp³-hybridized carbons (Fsp3) is 0.349. The summed E-state index contributed by atoms with van der Waals surface area (Å²) in [6, 6.07) is 21.0. The Labute approximate surface area is 331 Å². The molecule has 1 aromatic heterocycles. The normalized spacial score (nSPS) is 14.6. The largest absolute Gasteiger partial charge is 0.493 e. The molecule has 10 nitrogen and oxygen atoms in total. The van der Waals surface area contributed by atoms with E-state index in [4.69, 9.17) is 14.2 Å². The second-order valence-corrected chi connectivity index (χ2v) is 16.6. The van der Waals surface area contributed by atoms with Crippen molar-refractivity contribution in [3.05, 3.63) is 106 Å². The van der Waals surface area contributed by atoms with Crippen molar-refractivity contribution in [2.24, 2.45) is 11.3 Å². The van der Waals surface area contributed by atoms with Crippen LogP contribution in [0.3, 0.4) is 0 Å². The zero-order valence-corrected chi connectivity index (χ0v) is 34.0. The maximum absolute atomic E-state index is 13.9. The van der Waals surface area contributed by atoms with E-state index in [-0.39, 0.29) is 23.6 Å². The molecule has 0 fully saturated rings. The van der Waals surface area contributed by atoms with Gasteiger partial charge in [-0.1, -0.05) is 64.1 Å². The SMILES string of the molecule is CCOC(=O)c1c(NC(=O)C(CC)Sc2cccc(NC(=O)/C(=C\c3cccc(OC)c3OC)NC(=O)c3ccccc3)c2)sc2c1CCC(C(C)(C)C)C2. The van der Waals surface area contributed by atoms with Crippen LogP contribution in [0, 0.1) is 11.3 Å². The van der Waals surface area contributed by atoms with Crippen molar-refractivity contribution in [1.82, 2.24) is 5.32 Å². The van der Waals surface area contributed by atoms with E-state index in [1.165, 1.54) is 43.4 Å². The third-order valence-corrected chi connectivity index (χ3v) is 12.0. The van der Waals surface area contributed by atoms with Gasteiger partial charge in [-0.3, -0.25) is 14.4 Å². The average Bonchev–Trinajstić information content (AvgIpc) is 3.53. The van der Waals surface area contributed by atoms with Gasteiger partial charge in [0.1, 0.15) is 10.7 Å². The zero-order valence-electron chi connectivity index (χ0n) is 32.4. The van der Waals surface area contributed by atoms with Gasteiger partial charge in [-0.25, -0.2) is 4.79 Å². The Balaban J connectivity index is 1.36. The van der Waals surface area contributed by atoms with E-state index in [2.05, 4.69) is 36.7 Å². The summed E-state index contributed by atoms with van der Waals surface area (Å²) in [5, 5.41) is 8.78. The first-order valence-electron chi connectivity index (χ1n) is 18.4.